The Morgan fingerprint density at radius 3 is 2.22 bits per heavy atom. The normalized spacial score (nSPS) is 21.2. The van der Waals surface area contributed by atoms with E-state index in [9.17, 15) is 9.59 Å². The van der Waals surface area contributed by atoms with Crippen molar-refractivity contribution in [2.24, 2.45) is 0 Å². The molecule has 1 saturated heterocycles. The fourth-order valence-electron chi connectivity index (χ4n) is 4.48. The van der Waals surface area contributed by atoms with E-state index in [1.54, 1.807) is 5.01 Å². The van der Waals surface area contributed by atoms with E-state index >= 15 is 0 Å². The van der Waals surface area contributed by atoms with Crippen LogP contribution in [-0.2, 0) is 18.8 Å². The summed E-state index contributed by atoms with van der Waals surface area (Å²) < 4.78 is 12.0. The number of nitrogens with zero attached hydrogens (tertiary/aromatic N) is 2. The van der Waals surface area contributed by atoms with Crippen LogP contribution in [-0.4, -0.2) is 49.9 Å². The molecule has 2 aliphatic rings. The number of esters is 1. The molecule has 2 aliphatic heterocycles. The van der Waals surface area contributed by atoms with E-state index in [0.29, 0.717) is 17.8 Å². The van der Waals surface area contributed by atoms with Gasteiger partial charge in [0.15, 0.2) is 0 Å². The number of hydrogen-bond donors (Lipinski definition) is 0. The molecule has 7 heteroatoms. The molecule has 0 radical (unpaired) electrons. The number of fused-ring (bicyclic) bond motifs is 1. The van der Waals surface area contributed by atoms with Crippen LogP contribution < -0.4 is 0 Å². The summed E-state index contributed by atoms with van der Waals surface area (Å²) in [4.78, 5) is 26.7. The summed E-state index contributed by atoms with van der Waals surface area (Å²) in [6.45, 7) is 11.0. The first kappa shape index (κ1) is 25.9. The quantitative estimate of drug-likeness (QED) is 0.372. The zero-order chi connectivity index (χ0) is 26.1. The minimum absolute atomic E-state index is 0.0159. The van der Waals surface area contributed by atoms with Gasteiger partial charge in [-0.2, -0.15) is 5.01 Å². The molecule has 190 valence electrons. The molecule has 1 amide bonds. The van der Waals surface area contributed by atoms with Gasteiger partial charge < -0.3 is 9.16 Å². The van der Waals surface area contributed by atoms with E-state index < -0.39 is 20.3 Å². The summed E-state index contributed by atoms with van der Waals surface area (Å²) in [6, 6.07) is 19.2. The summed E-state index contributed by atoms with van der Waals surface area (Å²) >= 11 is 0. The maximum atomic E-state index is 13.3. The van der Waals surface area contributed by atoms with Crippen molar-refractivity contribution >= 4 is 26.3 Å². The molecule has 0 unspecified atom stereocenters. The van der Waals surface area contributed by atoms with Crippen molar-refractivity contribution in [3.63, 3.8) is 0 Å². The molecule has 6 nitrogen and oxygen atoms in total. The number of carbonyl (C=O) groups excluding carboxylic acids is 2. The lowest BCUT2D eigenvalue weighted by molar-refractivity contribution is -0.146. The molecule has 0 aliphatic carbocycles. The Labute approximate surface area is 215 Å². The standard InChI is InChI=1S/C29H36N2O4Si/c1-29(2,3)36(5,6)35-25-20-30-26(32)19-24(22-15-11-8-12-16-22)31(30)23(27(25)28(33)34-4)18-17-21-13-9-7-10-14-21/h7-18,23-24H,19-20H2,1-6H3/b18-17+/t23-,24-/m1/s1. The van der Waals surface area contributed by atoms with Crippen LogP contribution in [0.1, 0.15) is 44.4 Å². The third kappa shape index (κ3) is 5.04. The smallest absolute Gasteiger partial charge is 0.339 e. The lowest BCUT2D eigenvalue weighted by Gasteiger charge is -2.45. The van der Waals surface area contributed by atoms with Crippen LogP contribution in [0.2, 0.25) is 18.1 Å². The van der Waals surface area contributed by atoms with E-state index in [1.165, 1.54) is 7.11 Å². The molecule has 0 aromatic heterocycles. The number of hydrazine groups is 1. The molecule has 0 bridgehead atoms. The van der Waals surface area contributed by atoms with Crippen LogP contribution in [0.25, 0.3) is 6.08 Å². The van der Waals surface area contributed by atoms with E-state index in [0.717, 1.165) is 11.1 Å². The minimum Gasteiger partial charge on any atom is -0.545 e. The predicted molar refractivity (Wildman–Crippen MR) is 144 cm³/mol. The van der Waals surface area contributed by atoms with Crippen LogP contribution in [0.5, 0.6) is 0 Å². The monoisotopic (exact) mass is 504 g/mol. The van der Waals surface area contributed by atoms with Gasteiger partial charge in [0, 0.05) is 6.42 Å². The topological polar surface area (TPSA) is 59.1 Å². The molecule has 0 saturated carbocycles. The fourth-order valence-corrected chi connectivity index (χ4v) is 5.58. The number of hydrogen-bond acceptors (Lipinski definition) is 5. The Morgan fingerprint density at radius 2 is 1.64 bits per heavy atom. The van der Waals surface area contributed by atoms with Crippen molar-refractivity contribution in [1.82, 2.24) is 10.0 Å². The number of amides is 1. The van der Waals surface area contributed by atoms with E-state index in [-0.39, 0.29) is 23.5 Å². The minimum atomic E-state index is -2.30. The van der Waals surface area contributed by atoms with Gasteiger partial charge in [-0.3, -0.25) is 9.80 Å². The van der Waals surface area contributed by atoms with Crippen molar-refractivity contribution in [1.29, 1.82) is 0 Å². The lowest BCUT2D eigenvalue weighted by atomic mass is 9.97. The van der Waals surface area contributed by atoms with Crippen molar-refractivity contribution in [3.8, 4) is 0 Å². The van der Waals surface area contributed by atoms with E-state index in [2.05, 4.69) is 33.9 Å². The second-order valence-electron chi connectivity index (χ2n) is 10.9. The van der Waals surface area contributed by atoms with E-state index in [4.69, 9.17) is 9.16 Å². The average Bonchev–Trinajstić information content (AvgIpc) is 3.18. The molecule has 2 atom stereocenters. The maximum absolute atomic E-state index is 13.3. The van der Waals surface area contributed by atoms with Crippen molar-refractivity contribution in [3.05, 3.63) is 89.2 Å². The first-order chi connectivity index (χ1) is 17.0. The third-order valence-corrected chi connectivity index (χ3v) is 11.8. The molecule has 36 heavy (non-hydrogen) atoms. The Bertz CT molecular complexity index is 1170. The number of rotatable bonds is 6. The third-order valence-electron chi connectivity index (χ3n) is 7.47. The molecule has 2 aromatic carbocycles. The molecule has 2 aromatic rings. The Kier molecular flexibility index (Phi) is 7.25. The van der Waals surface area contributed by atoms with Gasteiger partial charge in [-0.05, 0) is 29.3 Å². The zero-order valence-electron chi connectivity index (χ0n) is 22.0. The van der Waals surface area contributed by atoms with Crippen molar-refractivity contribution in [2.45, 2.75) is 57.4 Å². The fraction of sp³-hybridized carbons (Fsp3) is 0.379. The second kappa shape index (κ2) is 10.1. The lowest BCUT2D eigenvalue weighted by Crippen LogP contribution is -2.54. The molecule has 2 heterocycles. The van der Waals surface area contributed by atoms with Crippen LogP contribution in [0.15, 0.2) is 78.1 Å². The number of carbonyl (C=O) groups is 2. The summed E-state index contributed by atoms with van der Waals surface area (Å²) in [5, 5.41) is 3.71. The van der Waals surface area contributed by atoms with Crippen LogP contribution in [0, 0.1) is 0 Å². The van der Waals surface area contributed by atoms with Crippen molar-refractivity contribution < 1.29 is 18.8 Å². The zero-order valence-corrected chi connectivity index (χ0v) is 23.0. The maximum Gasteiger partial charge on any atom is 0.339 e. The van der Waals surface area contributed by atoms with Gasteiger partial charge in [0.25, 0.3) is 0 Å². The van der Waals surface area contributed by atoms with Crippen LogP contribution >= 0.6 is 0 Å². The molecular formula is C29H36N2O4Si. The molecule has 4 rings (SSSR count). The Balaban J connectivity index is 1.87. The van der Waals surface area contributed by atoms with Crippen LogP contribution in [0.4, 0.5) is 0 Å². The summed E-state index contributed by atoms with van der Waals surface area (Å²) in [5.74, 6) is 0.119. The summed E-state index contributed by atoms with van der Waals surface area (Å²) in [5.41, 5.74) is 2.50. The SMILES string of the molecule is COC(=O)C1=C(O[Si](C)(C)C(C)(C)C)CN2C(=O)C[C@H](c3ccccc3)N2[C@@H]1/C=C/c1ccccc1. The number of benzene rings is 2. The van der Waals surface area contributed by atoms with Gasteiger partial charge in [0.2, 0.25) is 14.2 Å². The molecule has 1 fully saturated rings. The second-order valence-corrected chi connectivity index (χ2v) is 15.6. The molecular weight excluding hydrogens is 468 g/mol. The average molecular weight is 505 g/mol. The van der Waals surface area contributed by atoms with Gasteiger partial charge in [-0.1, -0.05) is 93.6 Å². The highest BCUT2D eigenvalue weighted by atomic mass is 28.4. The highest BCUT2D eigenvalue weighted by Gasteiger charge is 2.50. The first-order valence-corrected chi connectivity index (χ1v) is 15.3. The number of ether oxygens (including phenoxy) is 1. The van der Waals surface area contributed by atoms with Gasteiger partial charge in [-0.25, -0.2) is 4.79 Å². The number of methoxy groups -OCH3 is 1. The van der Waals surface area contributed by atoms with Crippen LogP contribution in [0.3, 0.4) is 0 Å². The first-order valence-electron chi connectivity index (χ1n) is 12.4. The summed E-state index contributed by atoms with van der Waals surface area (Å²) in [7, 11) is -0.906. The van der Waals surface area contributed by atoms with Gasteiger partial charge in [0.05, 0.1) is 31.3 Å². The molecule has 0 spiro atoms. The largest absolute Gasteiger partial charge is 0.545 e. The predicted octanol–water partition coefficient (Wildman–Crippen LogP) is 5.72. The summed E-state index contributed by atoms with van der Waals surface area (Å²) in [6.07, 6.45) is 4.31. The highest BCUT2D eigenvalue weighted by Crippen LogP contribution is 2.44. The van der Waals surface area contributed by atoms with Gasteiger partial charge in [-0.15, -0.1) is 0 Å². The molecule has 0 N–H and O–H groups in total. The van der Waals surface area contributed by atoms with E-state index in [1.807, 2.05) is 77.8 Å². The van der Waals surface area contributed by atoms with Crippen molar-refractivity contribution in [2.75, 3.05) is 13.7 Å². The Morgan fingerprint density at radius 1 is 1.03 bits per heavy atom. The van der Waals surface area contributed by atoms with Gasteiger partial charge >= 0.3 is 5.97 Å². The van der Waals surface area contributed by atoms with Gasteiger partial charge in [0.1, 0.15) is 5.76 Å². The highest BCUT2D eigenvalue weighted by molar-refractivity contribution is 6.74. The Hall–Kier alpha value is -3.16.